The van der Waals surface area contributed by atoms with Gasteiger partial charge in [-0.1, -0.05) is 11.6 Å². The van der Waals surface area contributed by atoms with Crippen LogP contribution in [-0.4, -0.2) is 37.7 Å². The van der Waals surface area contributed by atoms with E-state index in [0.717, 1.165) is 6.26 Å². The molecule has 0 aliphatic heterocycles. The average molecular weight is 372 g/mol. The summed E-state index contributed by atoms with van der Waals surface area (Å²) in [6.07, 6.45) is 5.12. The number of nitrogens with zero attached hydrogens (tertiary/aromatic N) is 2. The summed E-state index contributed by atoms with van der Waals surface area (Å²) >= 11 is 5.87. The van der Waals surface area contributed by atoms with Crippen molar-refractivity contribution in [2.24, 2.45) is 0 Å². The van der Waals surface area contributed by atoms with Gasteiger partial charge in [-0.25, -0.2) is 18.9 Å². The number of hydrogen-bond acceptors (Lipinski definition) is 7. The molecular formula is C13H14ClN5O4S. The lowest BCUT2D eigenvalue weighted by molar-refractivity contribution is 0.0538. The van der Waals surface area contributed by atoms with E-state index in [2.05, 4.69) is 30.3 Å². The molecule has 1 amide bonds. The summed E-state index contributed by atoms with van der Waals surface area (Å²) in [6, 6.07) is 2.89. The van der Waals surface area contributed by atoms with Crippen LogP contribution in [0.1, 0.15) is 10.4 Å². The van der Waals surface area contributed by atoms with Gasteiger partial charge in [0.1, 0.15) is 5.15 Å². The zero-order chi connectivity index (χ0) is 17.7. The number of halogens is 1. The molecule has 0 saturated heterocycles. The number of sulfonamides is 1. The summed E-state index contributed by atoms with van der Waals surface area (Å²) in [5.41, 5.74) is 3.21. The minimum atomic E-state index is -3.49. The van der Waals surface area contributed by atoms with Gasteiger partial charge >= 0.3 is 0 Å². The predicted octanol–water partition coefficient (Wildman–Crippen LogP) is 1.54. The molecule has 3 N–H and O–H groups in total. The Morgan fingerprint density at radius 1 is 1.25 bits per heavy atom. The monoisotopic (exact) mass is 371 g/mol. The van der Waals surface area contributed by atoms with Crippen LogP contribution in [0.25, 0.3) is 0 Å². The van der Waals surface area contributed by atoms with Crippen LogP contribution in [0.15, 0.2) is 30.7 Å². The van der Waals surface area contributed by atoms with Crippen LogP contribution in [0.4, 0.5) is 17.1 Å². The molecule has 0 bridgehead atoms. The first kappa shape index (κ1) is 17.9. The normalized spacial score (nSPS) is 11.0. The standard InChI is InChI=1S/C13H14ClN5O4S/c1-23-18-13(20)8-6-16-12(14)5-10(8)17-11-7-15-4-3-9(11)19-24(2,21)22/h3-7H,1-2H3,(H,15,19)(H,16,17)(H,18,20). The Morgan fingerprint density at radius 3 is 2.67 bits per heavy atom. The van der Waals surface area contributed by atoms with Gasteiger partial charge < -0.3 is 5.32 Å². The highest BCUT2D eigenvalue weighted by Crippen LogP contribution is 2.28. The third-order valence-electron chi connectivity index (χ3n) is 2.70. The summed E-state index contributed by atoms with van der Waals surface area (Å²) < 4.78 is 25.3. The Bertz CT molecular complexity index is 859. The van der Waals surface area contributed by atoms with E-state index in [9.17, 15) is 13.2 Å². The van der Waals surface area contributed by atoms with Crippen LogP contribution in [0.3, 0.4) is 0 Å². The van der Waals surface area contributed by atoms with Gasteiger partial charge in [0, 0.05) is 12.4 Å². The van der Waals surface area contributed by atoms with E-state index < -0.39 is 15.9 Å². The molecule has 0 unspecified atom stereocenters. The Kier molecular flexibility index (Phi) is 5.54. The minimum absolute atomic E-state index is 0.146. The van der Waals surface area contributed by atoms with Gasteiger partial charge in [-0.2, -0.15) is 0 Å². The van der Waals surface area contributed by atoms with Crippen LogP contribution >= 0.6 is 11.6 Å². The first-order chi connectivity index (χ1) is 11.3. The topological polar surface area (TPSA) is 122 Å². The van der Waals surface area contributed by atoms with E-state index in [1.54, 1.807) is 0 Å². The van der Waals surface area contributed by atoms with Crippen LogP contribution in [0, 0.1) is 0 Å². The Morgan fingerprint density at radius 2 is 2.00 bits per heavy atom. The van der Waals surface area contributed by atoms with Crippen molar-refractivity contribution in [1.29, 1.82) is 0 Å². The van der Waals surface area contributed by atoms with Gasteiger partial charge in [-0.15, -0.1) is 0 Å². The van der Waals surface area contributed by atoms with Crippen LogP contribution in [0.2, 0.25) is 5.15 Å². The van der Waals surface area contributed by atoms with Crippen molar-refractivity contribution in [2.45, 2.75) is 0 Å². The highest BCUT2D eigenvalue weighted by atomic mass is 35.5. The number of amides is 1. The zero-order valence-corrected chi connectivity index (χ0v) is 14.3. The zero-order valence-electron chi connectivity index (χ0n) is 12.7. The van der Waals surface area contributed by atoms with Gasteiger partial charge in [0.15, 0.2) is 0 Å². The number of pyridine rings is 2. The maximum absolute atomic E-state index is 12.0. The van der Waals surface area contributed by atoms with Crippen molar-refractivity contribution in [3.63, 3.8) is 0 Å². The molecule has 0 aliphatic carbocycles. The van der Waals surface area contributed by atoms with Crippen LogP contribution in [-0.2, 0) is 14.9 Å². The molecule has 0 aliphatic rings. The molecule has 0 aromatic carbocycles. The fourth-order valence-electron chi connectivity index (χ4n) is 1.79. The van der Waals surface area contributed by atoms with E-state index >= 15 is 0 Å². The molecular weight excluding hydrogens is 358 g/mol. The molecule has 0 radical (unpaired) electrons. The second-order valence-corrected chi connectivity index (χ2v) is 6.74. The summed E-state index contributed by atoms with van der Waals surface area (Å²) in [5.74, 6) is -0.550. The summed E-state index contributed by atoms with van der Waals surface area (Å²) in [7, 11) is -2.20. The molecule has 9 nitrogen and oxygen atoms in total. The molecule has 2 heterocycles. The molecule has 0 saturated carbocycles. The largest absolute Gasteiger partial charge is 0.352 e. The lowest BCUT2D eigenvalue weighted by Gasteiger charge is -2.14. The number of carbonyl (C=O) groups is 1. The molecule has 2 aromatic rings. The molecule has 24 heavy (non-hydrogen) atoms. The minimum Gasteiger partial charge on any atom is -0.352 e. The molecule has 0 fully saturated rings. The average Bonchev–Trinajstić information content (AvgIpc) is 2.48. The van der Waals surface area contributed by atoms with Gasteiger partial charge in [0.25, 0.3) is 5.91 Å². The fourth-order valence-corrected chi connectivity index (χ4v) is 2.53. The van der Waals surface area contributed by atoms with Crippen molar-refractivity contribution in [1.82, 2.24) is 15.4 Å². The Labute approximate surface area is 143 Å². The molecule has 11 heteroatoms. The smallest absolute Gasteiger partial charge is 0.278 e. The van der Waals surface area contributed by atoms with Crippen molar-refractivity contribution >= 4 is 44.6 Å². The van der Waals surface area contributed by atoms with E-state index in [4.69, 9.17) is 11.6 Å². The predicted molar refractivity (Wildman–Crippen MR) is 89.7 cm³/mol. The summed E-state index contributed by atoms with van der Waals surface area (Å²) in [6.45, 7) is 0. The van der Waals surface area contributed by atoms with Crippen LogP contribution < -0.4 is 15.5 Å². The van der Waals surface area contributed by atoms with Crippen molar-refractivity contribution in [3.05, 3.63) is 41.4 Å². The molecule has 2 rings (SSSR count). The van der Waals surface area contributed by atoms with Gasteiger partial charge in [0.2, 0.25) is 10.0 Å². The molecule has 2 aromatic heterocycles. The highest BCUT2D eigenvalue weighted by Gasteiger charge is 2.15. The third kappa shape index (κ3) is 4.78. The number of rotatable bonds is 6. The maximum Gasteiger partial charge on any atom is 0.278 e. The third-order valence-corrected chi connectivity index (χ3v) is 3.49. The fraction of sp³-hybridized carbons (Fsp3) is 0.154. The van der Waals surface area contributed by atoms with E-state index in [1.165, 1.54) is 37.8 Å². The van der Waals surface area contributed by atoms with Crippen molar-refractivity contribution < 1.29 is 18.0 Å². The Balaban J connectivity index is 2.41. The van der Waals surface area contributed by atoms with E-state index in [-0.39, 0.29) is 16.4 Å². The lowest BCUT2D eigenvalue weighted by atomic mass is 10.2. The summed E-state index contributed by atoms with van der Waals surface area (Å²) in [4.78, 5) is 24.4. The first-order valence-electron chi connectivity index (χ1n) is 6.48. The first-order valence-corrected chi connectivity index (χ1v) is 8.75. The molecule has 0 spiro atoms. The number of hydrogen-bond donors (Lipinski definition) is 3. The highest BCUT2D eigenvalue weighted by molar-refractivity contribution is 7.92. The quantitative estimate of drug-likeness (QED) is 0.520. The number of aromatic nitrogens is 2. The second-order valence-electron chi connectivity index (χ2n) is 4.61. The number of hydroxylamine groups is 1. The van der Waals surface area contributed by atoms with E-state index in [0.29, 0.717) is 11.4 Å². The number of anilines is 3. The summed E-state index contributed by atoms with van der Waals surface area (Å²) in [5, 5.41) is 3.06. The molecule has 0 atom stereocenters. The number of nitrogens with one attached hydrogen (secondary N) is 3. The molecule has 128 valence electrons. The SMILES string of the molecule is CONC(=O)c1cnc(Cl)cc1Nc1cnccc1NS(C)(=O)=O. The van der Waals surface area contributed by atoms with Gasteiger partial charge in [-0.3, -0.25) is 19.3 Å². The second kappa shape index (κ2) is 7.43. The van der Waals surface area contributed by atoms with E-state index in [1.807, 2.05) is 0 Å². The van der Waals surface area contributed by atoms with Gasteiger partial charge in [0.05, 0.1) is 42.2 Å². The lowest BCUT2D eigenvalue weighted by Crippen LogP contribution is -2.23. The van der Waals surface area contributed by atoms with Crippen molar-refractivity contribution in [2.75, 3.05) is 23.4 Å². The van der Waals surface area contributed by atoms with Crippen molar-refractivity contribution in [3.8, 4) is 0 Å². The number of carbonyl (C=O) groups excluding carboxylic acids is 1. The van der Waals surface area contributed by atoms with Gasteiger partial charge in [-0.05, 0) is 12.1 Å². The van der Waals surface area contributed by atoms with Crippen LogP contribution in [0.5, 0.6) is 0 Å². The Hall–Kier alpha value is -2.43. The maximum atomic E-state index is 12.0.